The normalized spacial score (nSPS) is 15.9. The molecule has 0 saturated carbocycles. The monoisotopic (exact) mass is 447 g/mol. The first-order chi connectivity index (χ1) is 14.3. The van der Waals surface area contributed by atoms with Crippen molar-refractivity contribution in [3.8, 4) is 0 Å². The van der Waals surface area contributed by atoms with Crippen LogP contribution >= 0.6 is 23.2 Å². The summed E-state index contributed by atoms with van der Waals surface area (Å²) in [5.74, 6) is -1.25. The lowest BCUT2D eigenvalue weighted by Gasteiger charge is -2.22. The van der Waals surface area contributed by atoms with Crippen LogP contribution in [0.3, 0.4) is 0 Å². The number of halogens is 2. The van der Waals surface area contributed by atoms with Crippen molar-refractivity contribution < 1.29 is 14.4 Å². The van der Waals surface area contributed by atoms with Crippen LogP contribution in [-0.4, -0.2) is 42.8 Å². The zero-order valence-corrected chi connectivity index (χ0v) is 18.3. The maximum absolute atomic E-state index is 12.9. The second-order valence-electron chi connectivity index (χ2n) is 7.23. The number of nitrogens with zero attached hydrogens (tertiary/aromatic N) is 2. The van der Waals surface area contributed by atoms with Crippen molar-refractivity contribution in [1.29, 1.82) is 0 Å². The summed E-state index contributed by atoms with van der Waals surface area (Å²) in [7, 11) is 1.54. The van der Waals surface area contributed by atoms with Crippen LogP contribution in [0.4, 0.5) is 11.4 Å². The number of hydrogen-bond acceptors (Lipinski definition) is 3. The molecule has 30 heavy (non-hydrogen) atoms. The van der Waals surface area contributed by atoms with Gasteiger partial charge in [-0.25, -0.2) is 0 Å². The molecule has 0 aromatic heterocycles. The van der Waals surface area contributed by atoms with Gasteiger partial charge in [0.1, 0.15) is 0 Å². The lowest BCUT2D eigenvalue weighted by atomic mass is 10.1. The minimum absolute atomic E-state index is 0.0880. The predicted molar refractivity (Wildman–Crippen MR) is 119 cm³/mol. The Kier molecular flexibility index (Phi) is 7.00. The first-order valence-electron chi connectivity index (χ1n) is 9.69. The van der Waals surface area contributed by atoms with Gasteiger partial charge in [0.2, 0.25) is 17.7 Å². The molecule has 1 aliphatic heterocycles. The second kappa shape index (κ2) is 9.49. The molecular weight excluding hydrogens is 425 g/mol. The predicted octanol–water partition coefficient (Wildman–Crippen LogP) is 4.01. The number of benzene rings is 2. The van der Waals surface area contributed by atoms with E-state index in [1.165, 1.54) is 4.90 Å². The molecule has 2 aromatic rings. The van der Waals surface area contributed by atoms with Crippen LogP contribution in [0.1, 0.15) is 18.9 Å². The molecule has 0 radical (unpaired) electrons. The fourth-order valence-corrected chi connectivity index (χ4v) is 4.07. The van der Waals surface area contributed by atoms with Crippen LogP contribution in [0.2, 0.25) is 10.0 Å². The van der Waals surface area contributed by atoms with E-state index in [9.17, 15) is 14.4 Å². The van der Waals surface area contributed by atoms with Crippen LogP contribution in [0.15, 0.2) is 42.5 Å². The van der Waals surface area contributed by atoms with Crippen LogP contribution in [-0.2, 0) is 20.8 Å². The quantitative estimate of drug-likeness (QED) is 0.726. The number of likely N-dealkylation sites (N-methyl/N-ethyl adjacent to an activating group) is 1. The number of anilines is 2. The number of aryl methyl sites for hydroxylation is 1. The largest absolute Gasteiger partial charge is 0.336 e. The summed E-state index contributed by atoms with van der Waals surface area (Å²) in [6.07, 6.45) is 0.919. The van der Waals surface area contributed by atoms with E-state index in [1.807, 2.05) is 31.2 Å². The summed E-state index contributed by atoms with van der Waals surface area (Å²) in [6, 6.07) is 12.6. The van der Waals surface area contributed by atoms with Gasteiger partial charge in [0.25, 0.3) is 0 Å². The average Bonchev–Trinajstić information content (AvgIpc) is 3.11. The van der Waals surface area contributed by atoms with Crippen molar-refractivity contribution >= 4 is 52.3 Å². The SMILES string of the molecule is CCc1ccccc1N1CC(C(=O)N(C)CC(=O)Nc2c(Cl)cccc2Cl)CC1=O. The summed E-state index contributed by atoms with van der Waals surface area (Å²) >= 11 is 12.1. The molecule has 8 heteroatoms. The Hall–Kier alpha value is -2.57. The van der Waals surface area contributed by atoms with E-state index in [2.05, 4.69) is 5.32 Å². The van der Waals surface area contributed by atoms with E-state index in [0.29, 0.717) is 22.3 Å². The molecule has 158 valence electrons. The van der Waals surface area contributed by atoms with E-state index < -0.39 is 11.8 Å². The zero-order chi connectivity index (χ0) is 21.8. The minimum Gasteiger partial charge on any atom is -0.336 e. The third-order valence-corrected chi connectivity index (χ3v) is 5.75. The van der Waals surface area contributed by atoms with Gasteiger partial charge in [0, 0.05) is 25.7 Å². The topological polar surface area (TPSA) is 69.7 Å². The number of para-hydroxylation sites is 2. The van der Waals surface area contributed by atoms with Gasteiger partial charge in [-0.2, -0.15) is 0 Å². The van der Waals surface area contributed by atoms with E-state index in [1.54, 1.807) is 30.1 Å². The van der Waals surface area contributed by atoms with Gasteiger partial charge in [0.15, 0.2) is 0 Å². The van der Waals surface area contributed by atoms with Crippen molar-refractivity contribution in [3.05, 3.63) is 58.1 Å². The average molecular weight is 448 g/mol. The van der Waals surface area contributed by atoms with Crippen molar-refractivity contribution in [1.82, 2.24) is 4.90 Å². The highest BCUT2D eigenvalue weighted by atomic mass is 35.5. The molecule has 0 spiro atoms. The fraction of sp³-hybridized carbons (Fsp3) is 0.318. The molecule has 0 bridgehead atoms. The Morgan fingerprint density at radius 3 is 2.47 bits per heavy atom. The summed E-state index contributed by atoms with van der Waals surface area (Å²) < 4.78 is 0. The third-order valence-electron chi connectivity index (χ3n) is 5.12. The molecule has 1 saturated heterocycles. The summed E-state index contributed by atoms with van der Waals surface area (Å²) in [4.78, 5) is 40.8. The third kappa shape index (κ3) is 4.77. The van der Waals surface area contributed by atoms with Crippen molar-refractivity contribution in [2.75, 3.05) is 30.4 Å². The molecule has 1 heterocycles. The van der Waals surface area contributed by atoms with Crippen molar-refractivity contribution in [3.63, 3.8) is 0 Å². The Balaban J connectivity index is 1.64. The van der Waals surface area contributed by atoms with Crippen molar-refractivity contribution in [2.24, 2.45) is 5.92 Å². The van der Waals surface area contributed by atoms with Crippen LogP contribution in [0.25, 0.3) is 0 Å². The molecule has 2 aromatic carbocycles. The first-order valence-corrected chi connectivity index (χ1v) is 10.4. The lowest BCUT2D eigenvalue weighted by molar-refractivity contribution is -0.137. The van der Waals surface area contributed by atoms with Gasteiger partial charge in [-0.05, 0) is 30.2 Å². The smallest absolute Gasteiger partial charge is 0.244 e. The molecule has 1 unspecified atom stereocenters. The van der Waals surface area contributed by atoms with Crippen LogP contribution in [0, 0.1) is 5.92 Å². The molecule has 0 aliphatic carbocycles. The number of carbonyl (C=O) groups is 3. The minimum atomic E-state index is -0.496. The molecule has 1 atom stereocenters. The maximum atomic E-state index is 12.9. The van der Waals surface area contributed by atoms with E-state index in [0.717, 1.165) is 17.7 Å². The number of amides is 3. The van der Waals surface area contributed by atoms with Gasteiger partial charge < -0.3 is 15.1 Å². The fourth-order valence-electron chi connectivity index (χ4n) is 3.58. The van der Waals surface area contributed by atoms with E-state index in [-0.39, 0.29) is 24.8 Å². The molecule has 1 N–H and O–H groups in total. The van der Waals surface area contributed by atoms with Crippen LogP contribution < -0.4 is 10.2 Å². The standard InChI is InChI=1S/C22H23Cl2N3O3/c1-3-14-7-4-5-10-18(14)27-12-15(11-20(27)29)22(30)26(2)13-19(28)25-21-16(23)8-6-9-17(21)24/h4-10,15H,3,11-13H2,1-2H3,(H,25,28). The highest BCUT2D eigenvalue weighted by Gasteiger charge is 2.37. The Bertz CT molecular complexity index is 960. The number of rotatable bonds is 6. The highest BCUT2D eigenvalue weighted by Crippen LogP contribution is 2.31. The summed E-state index contributed by atoms with van der Waals surface area (Å²) in [5.41, 5.74) is 2.21. The van der Waals surface area contributed by atoms with Crippen molar-refractivity contribution in [2.45, 2.75) is 19.8 Å². The highest BCUT2D eigenvalue weighted by molar-refractivity contribution is 6.39. The second-order valence-corrected chi connectivity index (χ2v) is 8.04. The molecule has 6 nitrogen and oxygen atoms in total. The van der Waals surface area contributed by atoms with Gasteiger partial charge in [0.05, 0.1) is 28.2 Å². The van der Waals surface area contributed by atoms with E-state index >= 15 is 0 Å². The molecular formula is C22H23Cl2N3O3. The molecule has 1 fully saturated rings. The number of carbonyl (C=O) groups excluding carboxylic acids is 3. The van der Waals surface area contributed by atoms with Crippen LogP contribution in [0.5, 0.6) is 0 Å². The lowest BCUT2D eigenvalue weighted by Crippen LogP contribution is -2.39. The number of hydrogen-bond donors (Lipinski definition) is 1. The maximum Gasteiger partial charge on any atom is 0.244 e. The first kappa shape index (κ1) is 22.1. The number of nitrogens with one attached hydrogen (secondary N) is 1. The van der Waals surface area contributed by atoms with Gasteiger partial charge in [-0.1, -0.05) is 54.4 Å². The Morgan fingerprint density at radius 1 is 1.13 bits per heavy atom. The Morgan fingerprint density at radius 2 is 1.80 bits per heavy atom. The molecule has 3 amide bonds. The molecule has 1 aliphatic rings. The van der Waals surface area contributed by atoms with E-state index in [4.69, 9.17) is 23.2 Å². The zero-order valence-electron chi connectivity index (χ0n) is 16.8. The summed E-state index contributed by atoms with van der Waals surface area (Å²) in [5, 5.41) is 3.27. The van der Waals surface area contributed by atoms with Gasteiger partial charge in [-0.3, -0.25) is 14.4 Å². The Labute approximate surface area is 185 Å². The van der Waals surface area contributed by atoms with Gasteiger partial charge >= 0.3 is 0 Å². The van der Waals surface area contributed by atoms with Gasteiger partial charge in [-0.15, -0.1) is 0 Å². The molecule has 3 rings (SSSR count). The summed E-state index contributed by atoms with van der Waals surface area (Å²) in [6.45, 7) is 2.16.